The quantitative estimate of drug-likeness (QED) is 0.523. The zero-order valence-electron chi connectivity index (χ0n) is 18.5. The SMILES string of the molecule is CCc1noc(NC(C)=O)c1-c1ccc(C)c(S(=O)(=O)Nc2ccc(OC)c(OC)c2)c1. The van der Waals surface area contributed by atoms with Gasteiger partial charge in [0.25, 0.3) is 10.0 Å². The number of nitrogens with zero attached hydrogens (tertiary/aromatic N) is 1. The highest BCUT2D eigenvalue weighted by molar-refractivity contribution is 7.92. The van der Waals surface area contributed by atoms with E-state index in [4.69, 9.17) is 14.0 Å². The van der Waals surface area contributed by atoms with Crippen LogP contribution in [0.4, 0.5) is 11.6 Å². The van der Waals surface area contributed by atoms with Gasteiger partial charge in [-0.1, -0.05) is 24.2 Å². The van der Waals surface area contributed by atoms with E-state index in [2.05, 4.69) is 15.2 Å². The summed E-state index contributed by atoms with van der Waals surface area (Å²) in [5, 5.41) is 6.60. The molecule has 0 aliphatic rings. The van der Waals surface area contributed by atoms with Crippen molar-refractivity contribution < 1.29 is 27.2 Å². The Labute approximate surface area is 186 Å². The maximum atomic E-state index is 13.2. The van der Waals surface area contributed by atoms with E-state index in [0.717, 1.165) is 0 Å². The lowest BCUT2D eigenvalue weighted by Gasteiger charge is -2.14. The normalized spacial score (nSPS) is 11.2. The number of aromatic nitrogens is 1. The Morgan fingerprint density at radius 3 is 2.44 bits per heavy atom. The molecule has 3 aromatic rings. The second-order valence-electron chi connectivity index (χ2n) is 7.02. The van der Waals surface area contributed by atoms with Gasteiger partial charge in [-0.3, -0.25) is 14.8 Å². The van der Waals surface area contributed by atoms with E-state index in [1.54, 1.807) is 37.3 Å². The van der Waals surface area contributed by atoms with Crippen molar-refractivity contribution in [1.29, 1.82) is 0 Å². The molecular weight excluding hydrogens is 434 g/mol. The topological polar surface area (TPSA) is 120 Å². The van der Waals surface area contributed by atoms with Crippen molar-refractivity contribution in [3.63, 3.8) is 0 Å². The van der Waals surface area contributed by atoms with Crippen LogP contribution in [0.15, 0.2) is 45.8 Å². The average molecular weight is 460 g/mol. The van der Waals surface area contributed by atoms with Crippen molar-refractivity contribution in [1.82, 2.24) is 5.16 Å². The van der Waals surface area contributed by atoms with E-state index in [0.29, 0.717) is 46.0 Å². The van der Waals surface area contributed by atoms with Crippen molar-refractivity contribution in [3.8, 4) is 22.6 Å². The lowest BCUT2D eigenvalue weighted by atomic mass is 10.0. The molecule has 3 rings (SSSR count). The molecule has 1 heterocycles. The number of rotatable bonds is 8. The molecule has 0 aliphatic carbocycles. The number of hydrogen-bond donors (Lipinski definition) is 2. The summed E-state index contributed by atoms with van der Waals surface area (Å²) in [6.07, 6.45) is 0.540. The van der Waals surface area contributed by atoms with Crippen molar-refractivity contribution in [3.05, 3.63) is 47.7 Å². The molecule has 1 amide bonds. The van der Waals surface area contributed by atoms with Gasteiger partial charge in [0.2, 0.25) is 11.8 Å². The van der Waals surface area contributed by atoms with E-state index in [9.17, 15) is 13.2 Å². The fraction of sp³-hybridized carbons (Fsp3) is 0.273. The van der Waals surface area contributed by atoms with E-state index in [1.807, 2.05) is 6.92 Å². The van der Waals surface area contributed by atoms with E-state index < -0.39 is 10.0 Å². The molecule has 0 atom stereocenters. The van der Waals surface area contributed by atoms with Crippen molar-refractivity contribution in [2.45, 2.75) is 32.1 Å². The molecule has 0 fully saturated rings. The summed E-state index contributed by atoms with van der Waals surface area (Å²) >= 11 is 0. The molecule has 0 radical (unpaired) electrons. The van der Waals surface area contributed by atoms with E-state index in [-0.39, 0.29) is 16.7 Å². The summed E-state index contributed by atoms with van der Waals surface area (Å²) in [6.45, 7) is 4.95. The molecule has 170 valence electrons. The number of benzene rings is 2. The van der Waals surface area contributed by atoms with Gasteiger partial charge < -0.3 is 14.0 Å². The number of carbonyl (C=O) groups excluding carboxylic acids is 1. The highest BCUT2D eigenvalue weighted by Gasteiger charge is 2.23. The van der Waals surface area contributed by atoms with Crippen LogP contribution >= 0.6 is 0 Å². The van der Waals surface area contributed by atoms with Crippen molar-refractivity contribution in [2.75, 3.05) is 24.3 Å². The molecule has 1 aromatic heterocycles. The first-order valence-corrected chi connectivity index (χ1v) is 11.3. The fourth-order valence-electron chi connectivity index (χ4n) is 3.26. The predicted molar refractivity (Wildman–Crippen MR) is 121 cm³/mol. The molecule has 0 saturated heterocycles. The number of nitrogens with one attached hydrogen (secondary N) is 2. The minimum Gasteiger partial charge on any atom is -0.493 e. The molecule has 0 unspecified atom stereocenters. The molecule has 32 heavy (non-hydrogen) atoms. The Morgan fingerprint density at radius 1 is 1.09 bits per heavy atom. The van der Waals surface area contributed by atoms with E-state index in [1.165, 1.54) is 27.2 Å². The summed E-state index contributed by atoms with van der Waals surface area (Å²) in [5.41, 5.74) is 2.59. The van der Waals surface area contributed by atoms with E-state index >= 15 is 0 Å². The van der Waals surface area contributed by atoms with Crippen LogP contribution in [0.2, 0.25) is 0 Å². The van der Waals surface area contributed by atoms with Crippen LogP contribution in [0.1, 0.15) is 25.1 Å². The minimum absolute atomic E-state index is 0.0850. The summed E-state index contributed by atoms with van der Waals surface area (Å²) in [6, 6.07) is 9.74. The zero-order valence-corrected chi connectivity index (χ0v) is 19.3. The third-order valence-corrected chi connectivity index (χ3v) is 6.31. The van der Waals surface area contributed by atoms with Crippen molar-refractivity contribution in [2.24, 2.45) is 0 Å². The van der Waals surface area contributed by atoms with Crippen molar-refractivity contribution >= 4 is 27.5 Å². The molecule has 0 aliphatic heterocycles. The number of anilines is 2. The zero-order chi connectivity index (χ0) is 23.5. The molecule has 9 nitrogen and oxygen atoms in total. The molecule has 10 heteroatoms. The molecule has 2 N–H and O–H groups in total. The van der Waals surface area contributed by atoms with Gasteiger partial charge in [0, 0.05) is 13.0 Å². The lowest BCUT2D eigenvalue weighted by Crippen LogP contribution is -2.14. The monoisotopic (exact) mass is 459 g/mol. The summed E-state index contributed by atoms with van der Waals surface area (Å²) in [7, 11) is -0.968. The summed E-state index contributed by atoms with van der Waals surface area (Å²) in [5.74, 6) is 0.739. The van der Waals surface area contributed by atoms with Crippen LogP contribution in [-0.2, 0) is 21.2 Å². The average Bonchev–Trinajstić information content (AvgIpc) is 3.15. The van der Waals surface area contributed by atoms with Crippen LogP contribution < -0.4 is 19.5 Å². The number of ether oxygens (including phenoxy) is 2. The second-order valence-corrected chi connectivity index (χ2v) is 8.67. The number of amides is 1. The van der Waals surface area contributed by atoms with Gasteiger partial charge in [0.05, 0.1) is 36.1 Å². The van der Waals surface area contributed by atoms with Gasteiger partial charge in [-0.15, -0.1) is 0 Å². The maximum absolute atomic E-state index is 13.2. The highest BCUT2D eigenvalue weighted by Crippen LogP contribution is 2.35. The number of aryl methyl sites for hydroxylation is 2. The largest absolute Gasteiger partial charge is 0.493 e. The van der Waals surface area contributed by atoms with Gasteiger partial charge in [0.15, 0.2) is 11.5 Å². The Hall–Kier alpha value is -3.53. The Kier molecular flexibility index (Phi) is 6.73. The third-order valence-electron chi connectivity index (χ3n) is 4.79. The molecular formula is C22H25N3O6S. The smallest absolute Gasteiger partial charge is 0.262 e. The first-order valence-electron chi connectivity index (χ1n) is 9.82. The van der Waals surface area contributed by atoms with Gasteiger partial charge in [0.1, 0.15) is 0 Å². The van der Waals surface area contributed by atoms with Crippen LogP contribution in [0, 0.1) is 6.92 Å². The summed E-state index contributed by atoms with van der Waals surface area (Å²) in [4.78, 5) is 11.6. The van der Waals surface area contributed by atoms with Gasteiger partial charge >= 0.3 is 0 Å². The second kappa shape index (κ2) is 9.31. The predicted octanol–water partition coefficient (Wildman–Crippen LogP) is 3.99. The fourth-order valence-corrected chi connectivity index (χ4v) is 4.58. The minimum atomic E-state index is -3.94. The van der Waals surface area contributed by atoms with Gasteiger partial charge in [-0.05, 0) is 42.7 Å². The van der Waals surface area contributed by atoms with Crippen LogP contribution in [-0.4, -0.2) is 33.7 Å². The maximum Gasteiger partial charge on any atom is 0.262 e. The lowest BCUT2D eigenvalue weighted by molar-refractivity contribution is -0.114. The molecule has 2 aromatic carbocycles. The third kappa shape index (κ3) is 4.70. The number of methoxy groups -OCH3 is 2. The van der Waals surface area contributed by atoms with Crippen LogP contribution in [0.5, 0.6) is 11.5 Å². The Morgan fingerprint density at radius 2 is 1.81 bits per heavy atom. The number of sulfonamides is 1. The summed E-state index contributed by atoms with van der Waals surface area (Å²) < 4.78 is 44.7. The number of carbonyl (C=O) groups is 1. The highest BCUT2D eigenvalue weighted by atomic mass is 32.2. The molecule has 0 spiro atoms. The number of hydrogen-bond acceptors (Lipinski definition) is 7. The van der Waals surface area contributed by atoms with Gasteiger partial charge in [-0.25, -0.2) is 8.42 Å². The Bertz CT molecular complexity index is 1250. The van der Waals surface area contributed by atoms with Crippen LogP contribution in [0.25, 0.3) is 11.1 Å². The standard InChI is InChI=1S/C22H25N3O6S/c1-6-17-21(22(31-24-17)23-14(3)26)15-8-7-13(2)20(11-15)32(27,28)25-16-9-10-18(29-4)19(12-16)30-5/h7-12,25H,6H2,1-5H3,(H,23,26). The first-order chi connectivity index (χ1) is 15.2. The van der Waals surface area contributed by atoms with Crippen LogP contribution in [0.3, 0.4) is 0 Å². The molecule has 0 saturated carbocycles. The molecule has 0 bridgehead atoms. The van der Waals surface area contributed by atoms with Gasteiger partial charge in [-0.2, -0.15) is 0 Å². The Balaban J connectivity index is 2.04. The first kappa shape index (κ1) is 23.1.